The third-order valence-corrected chi connectivity index (χ3v) is 6.85. The Bertz CT molecular complexity index is 1040. The summed E-state index contributed by atoms with van der Waals surface area (Å²) in [7, 11) is -3.90. The largest absolute Gasteiger partial charge is 0.381 e. The molecule has 2 aromatic carbocycles. The van der Waals surface area contributed by atoms with Crippen molar-refractivity contribution in [3.05, 3.63) is 64.6 Å². The Hall–Kier alpha value is -2.64. The van der Waals surface area contributed by atoms with Crippen LogP contribution in [0.2, 0.25) is 0 Å². The normalized spacial score (nSPS) is 20.1. The maximum atomic E-state index is 13.1. The summed E-state index contributed by atoms with van der Waals surface area (Å²) in [6, 6.07) is 13.9. The SMILES string of the molecule is Cc1ccc(NC(=O)C2=C(NC[C@H]3CCCO3)c3ccccc3S2(=O)=O)cc1. The molecule has 2 heterocycles. The van der Waals surface area contributed by atoms with E-state index in [1.165, 1.54) is 6.07 Å². The third-order valence-electron chi connectivity index (χ3n) is 4.99. The first kappa shape index (κ1) is 18.7. The van der Waals surface area contributed by atoms with Gasteiger partial charge in [-0.2, -0.15) is 0 Å². The van der Waals surface area contributed by atoms with E-state index in [0.717, 1.165) is 18.4 Å². The minimum atomic E-state index is -3.90. The first-order valence-corrected chi connectivity index (χ1v) is 10.8. The van der Waals surface area contributed by atoms with Crippen LogP contribution in [-0.4, -0.2) is 33.6 Å². The summed E-state index contributed by atoms with van der Waals surface area (Å²) in [5, 5.41) is 5.89. The van der Waals surface area contributed by atoms with Crippen LogP contribution < -0.4 is 10.6 Å². The molecule has 7 heteroatoms. The zero-order chi connectivity index (χ0) is 19.7. The number of hydrogen-bond acceptors (Lipinski definition) is 5. The number of carbonyl (C=O) groups excluding carboxylic acids is 1. The maximum Gasteiger partial charge on any atom is 0.269 e. The average molecular weight is 398 g/mol. The van der Waals surface area contributed by atoms with Crippen LogP contribution >= 0.6 is 0 Å². The van der Waals surface area contributed by atoms with Crippen molar-refractivity contribution in [3.8, 4) is 0 Å². The van der Waals surface area contributed by atoms with Gasteiger partial charge in [0.05, 0.1) is 16.7 Å². The van der Waals surface area contributed by atoms with E-state index in [2.05, 4.69) is 10.6 Å². The quantitative estimate of drug-likeness (QED) is 0.809. The van der Waals surface area contributed by atoms with Crippen molar-refractivity contribution in [2.45, 2.75) is 30.8 Å². The highest BCUT2D eigenvalue weighted by Gasteiger charge is 2.40. The Balaban J connectivity index is 1.69. The zero-order valence-corrected chi connectivity index (χ0v) is 16.4. The lowest BCUT2D eigenvalue weighted by atomic mass is 10.1. The number of amides is 1. The molecule has 2 aliphatic heterocycles. The van der Waals surface area contributed by atoms with Gasteiger partial charge in [-0.3, -0.25) is 4.79 Å². The molecule has 6 nitrogen and oxygen atoms in total. The van der Waals surface area contributed by atoms with Gasteiger partial charge in [0.25, 0.3) is 5.91 Å². The van der Waals surface area contributed by atoms with E-state index in [9.17, 15) is 13.2 Å². The molecule has 0 radical (unpaired) electrons. The third kappa shape index (κ3) is 3.43. The number of anilines is 1. The number of rotatable bonds is 5. The molecule has 0 aromatic heterocycles. The van der Waals surface area contributed by atoms with Gasteiger partial charge in [-0.1, -0.05) is 35.9 Å². The van der Waals surface area contributed by atoms with Crippen LogP contribution in [0.15, 0.2) is 58.3 Å². The van der Waals surface area contributed by atoms with Crippen LogP contribution in [0.4, 0.5) is 5.69 Å². The molecule has 1 atom stereocenters. The van der Waals surface area contributed by atoms with Crippen molar-refractivity contribution in [1.29, 1.82) is 0 Å². The number of benzene rings is 2. The molecule has 2 N–H and O–H groups in total. The van der Waals surface area contributed by atoms with Crippen molar-refractivity contribution in [2.24, 2.45) is 0 Å². The Morgan fingerprint density at radius 3 is 2.61 bits per heavy atom. The standard InChI is InChI=1S/C21H22N2O4S/c1-14-8-10-15(11-9-14)23-21(24)20-19(22-13-16-5-4-12-27-16)17-6-2-3-7-18(17)28(20,25)26/h2-3,6-11,16,22H,4-5,12-13H2,1H3,(H,23,24)/t16-/m1/s1. The van der Waals surface area contributed by atoms with Crippen LogP contribution in [0.5, 0.6) is 0 Å². The average Bonchev–Trinajstić information content (AvgIpc) is 3.27. The zero-order valence-electron chi connectivity index (χ0n) is 15.6. The maximum absolute atomic E-state index is 13.1. The molecule has 0 saturated carbocycles. The van der Waals surface area contributed by atoms with E-state index in [1.54, 1.807) is 30.3 Å². The van der Waals surface area contributed by atoms with Crippen LogP contribution in [0.1, 0.15) is 24.0 Å². The molecular weight excluding hydrogens is 376 g/mol. The van der Waals surface area contributed by atoms with Gasteiger partial charge in [-0.05, 0) is 38.0 Å². The number of carbonyl (C=O) groups is 1. The summed E-state index contributed by atoms with van der Waals surface area (Å²) >= 11 is 0. The lowest BCUT2D eigenvalue weighted by Crippen LogP contribution is -2.27. The lowest BCUT2D eigenvalue weighted by molar-refractivity contribution is -0.112. The number of hydrogen-bond donors (Lipinski definition) is 2. The molecule has 0 unspecified atom stereocenters. The van der Waals surface area contributed by atoms with Gasteiger partial charge in [-0.15, -0.1) is 0 Å². The van der Waals surface area contributed by atoms with Gasteiger partial charge in [0.2, 0.25) is 9.84 Å². The summed E-state index contributed by atoms with van der Waals surface area (Å²) in [6.45, 7) is 3.11. The Morgan fingerprint density at radius 1 is 1.14 bits per heavy atom. The molecule has 2 aromatic rings. The number of nitrogens with one attached hydrogen (secondary N) is 2. The lowest BCUT2D eigenvalue weighted by Gasteiger charge is -2.14. The van der Waals surface area contributed by atoms with E-state index in [0.29, 0.717) is 30.1 Å². The van der Waals surface area contributed by atoms with Crippen molar-refractivity contribution in [1.82, 2.24) is 5.32 Å². The van der Waals surface area contributed by atoms with Gasteiger partial charge in [0, 0.05) is 24.4 Å². The van der Waals surface area contributed by atoms with E-state index in [1.807, 2.05) is 19.1 Å². The molecule has 2 aliphatic rings. The highest BCUT2D eigenvalue weighted by atomic mass is 32.2. The minimum absolute atomic E-state index is 0.0179. The minimum Gasteiger partial charge on any atom is -0.381 e. The van der Waals surface area contributed by atoms with Gasteiger partial charge in [0.15, 0.2) is 4.91 Å². The summed E-state index contributed by atoms with van der Waals surface area (Å²) in [5.74, 6) is -0.644. The van der Waals surface area contributed by atoms with Gasteiger partial charge in [0.1, 0.15) is 0 Å². The topological polar surface area (TPSA) is 84.5 Å². The van der Waals surface area contributed by atoms with Gasteiger partial charge >= 0.3 is 0 Å². The number of sulfone groups is 1. The molecule has 1 saturated heterocycles. The summed E-state index contributed by atoms with van der Waals surface area (Å²) < 4.78 is 31.8. The van der Waals surface area contributed by atoms with Crippen molar-refractivity contribution >= 4 is 27.1 Å². The van der Waals surface area contributed by atoms with Crippen molar-refractivity contribution in [2.75, 3.05) is 18.5 Å². The monoisotopic (exact) mass is 398 g/mol. The molecule has 1 amide bonds. The predicted molar refractivity (Wildman–Crippen MR) is 107 cm³/mol. The molecule has 0 aliphatic carbocycles. The molecule has 4 rings (SSSR count). The van der Waals surface area contributed by atoms with Gasteiger partial charge < -0.3 is 15.4 Å². The second-order valence-corrected chi connectivity index (χ2v) is 8.89. The Kier molecular flexibility index (Phi) is 4.95. The summed E-state index contributed by atoms with van der Waals surface area (Å²) in [6.07, 6.45) is 1.92. The second kappa shape index (κ2) is 7.41. The molecule has 146 valence electrons. The first-order chi connectivity index (χ1) is 13.5. The molecule has 0 bridgehead atoms. The van der Waals surface area contributed by atoms with E-state index < -0.39 is 15.7 Å². The number of aryl methyl sites for hydroxylation is 1. The highest BCUT2D eigenvalue weighted by molar-refractivity contribution is 7.97. The molecule has 0 spiro atoms. The van der Waals surface area contributed by atoms with E-state index in [-0.39, 0.29) is 15.9 Å². The second-order valence-electron chi connectivity index (χ2n) is 7.04. The fraction of sp³-hybridized carbons (Fsp3) is 0.286. The predicted octanol–water partition coefficient (Wildman–Crippen LogP) is 2.86. The van der Waals surface area contributed by atoms with Crippen molar-refractivity contribution < 1.29 is 17.9 Å². The first-order valence-electron chi connectivity index (χ1n) is 9.29. The smallest absolute Gasteiger partial charge is 0.269 e. The summed E-state index contributed by atoms with van der Waals surface area (Å²) in [5.41, 5.74) is 2.47. The van der Waals surface area contributed by atoms with Crippen LogP contribution in [0, 0.1) is 6.92 Å². The van der Waals surface area contributed by atoms with Crippen LogP contribution in [0.25, 0.3) is 5.70 Å². The molecule has 28 heavy (non-hydrogen) atoms. The number of ether oxygens (including phenoxy) is 1. The van der Waals surface area contributed by atoms with E-state index >= 15 is 0 Å². The number of fused-ring (bicyclic) bond motifs is 1. The molecular formula is C21H22N2O4S. The van der Waals surface area contributed by atoms with Crippen LogP contribution in [0.3, 0.4) is 0 Å². The fourth-order valence-corrected chi connectivity index (χ4v) is 5.21. The Morgan fingerprint density at radius 2 is 1.89 bits per heavy atom. The Labute approximate surface area is 164 Å². The highest BCUT2D eigenvalue weighted by Crippen LogP contribution is 2.38. The van der Waals surface area contributed by atoms with E-state index in [4.69, 9.17) is 4.74 Å². The van der Waals surface area contributed by atoms with Crippen LogP contribution in [-0.2, 0) is 19.4 Å². The molecule has 1 fully saturated rings. The fourth-order valence-electron chi connectivity index (χ4n) is 3.53. The van der Waals surface area contributed by atoms with Gasteiger partial charge in [-0.25, -0.2) is 8.42 Å². The summed E-state index contributed by atoms with van der Waals surface area (Å²) in [4.78, 5) is 12.9. The van der Waals surface area contributed by atoms with Crippen molar-refractivity contribution in [3.63, 3.8) is 0 Å².